The van der Waals surface area contributed by atoms with E-state index in [9.17, 15) is 14.4 Å². The summed E-state index contributed by atoms with van der Waals surface area (Å²) in [5, 5.41) is 0. The summed E-state index contributed by atoms with van der Waals surface area (Å²) in [5.74, 6) is 0.751. The molecule has 26 heavy (non-hydrogen) atoms. The van der Waals surface area contributed by atoms with Gasteiger partial charge in [0.05, 0.1) is 20.2 Å². The average molecular weight is 356 g/mol. The second kappa shape index (κ2) is 7.03. The molecule has 0 bridgehead atoms. The first-order valence-corrected chi connectivity index (χ1v) is 8.24. The van der Waals surface area contributed by atoms with Crippen LogP contribution in [0.15, 0.2) is 35.1 Å². The summed E-state index contributed by atoms with van der Waals surface area (Å²) in [6.45, 7) is 3.78. The van der Waals surface area contributed by atoms with Gasteiger partial charge < -0.3 is 19.4 Å². The summed E-state index contributed by atoms with van der Waals surface area (Å²) < 4.78 is 11.0. The van der Waals surface area contributed by atoms with Gasteiger partial charge in [0.2, 0.25) is 0 Å². The number of aromatic nitrogens is 1. The molecule has 1 amide bonds. The number of ether oxygens (including phenoxy) is 2. The lowest BCUT2D eigenvalue weighted by Crippen LogP contribution is -2.56. The van der Waals surface area contributed by atoms with Crippen molar-refractivity contribution in [3.05, 3.63) is 57.5 Å². The number of aromatic amines is 1. The van der Waals surface area contributed by atoms with Gasteiger partial charge in [-0.3, -0.25) is 14.4 Å². The van der Waals surface area contributed by atoms with E-state index in [-0.39, 0.29) is 17.5 Å². The Morgan fingerprint density at radius 2 is 1.85 bits per heavy atom. The number of H-pyrrole nitrogens is 1. The Morgan fingerprint density at radius 1 is 1.15 bits per heavy atom. The van der Waals surface area contributed by atoms with Crippen LogP contribution >= 0.6 is 0 Å². The summed E-state index contributed by atoms with van der Waals surface area (Å²) in [5.41, 5.74) is 0.287. The lowest BCUT2D eigenvalue weighted by atomic mass is 10.0. The number of hydrogen-bond acceptors (Lipinski definition) is 5. The van der Waals surface area contributed by atoms with Gasteiger partial charge in [-0.05, 0) is 32.0 Å². The van der Waals surface area contributed by atoms with E-state index >= 15 is 0 Å². The van der Waals surface area contributed by atoms with Crippen molar-refractivity contribution >= 4 is 11.7 Å². The predicted molar refractivity (Wildman–Crippen MR) is 95.1 cm³/mol. The zero-order valence-corrected chi connectivity index (χ0v) is 14.9. The molecule has 1 aliphatic rings. The number of likely N-dealkylation sites (tertiary alicyclic amines) is 1. The zero-order chi connectivity index (χ0) is 18.8. The van der Waals surface area contributed by atoms with Crippen LogP contribution in [0.25, 0.3) is 0 Å². The molecule has 2 heterocycles. The van der Waals surface area contributed by atoms with E-state index in [0.717, 1.165) is 0 Å². The van der Waals surface area contributed by atoms with Crippen molar-refractivity contribution in [1.82, 2.24) is 9.88 Å². The summed E-state index contributed by atoms with van der Waals surface area (Å²) >= 11 is 0. The lowest BCUT2D eigenvalue weighted by Gasteiger charge is -2.38. The molecule has 2 aromatic rings. The monoisotopic (exact) mass is 356 g/mol. The van der Waals surface area contributed by atoms with Crippen molar-refractivity contribution < 1.29 is 19.1 Å². The molecule has 7 heteroatoms. The first-order chi connectivity index (χ1) is 12.4. The Morgan fingerprint density at radius 3 is 2.50 bits per heavy atom. The second-order valence-electron chi connectivity index (χ2n) is 6.24. The number of rotatable bonds is 5. The molecule has 0 spiro atoms. The molecule has 0 saturated carbocycles. The number of Topliss-reactive ketones (excluding diaryl/α,β-unsaturated/α-hetero) is 1. The third-order valence-electron chi connectivity index (χ3n) is 4.33. The van der Waals surface area contributed by atoms with E-state index in [1.807, 2.05) is 18.2 Å². The van der Waals surface area contributed by atoms with Crippen LogP contribution in [0.1, 0.15) is 33.3 Å². The fourth-order valence-electron chi connectivity index (χ4n) is 2.86. The highest BCUT2D eigenvalue weighted by atomic mass is 16.5. The van der Waals surface area contributed by atoms with Crippen molar-refractivity contribution in [1.29, 1.82) is 0 Å². The third-order valence-corrected chi connectivity index (χ3v) is 4.33. The van der Waals surface area contributed by atoms with Crippen LogP contribution in [0.3, 0.4) is 0 Å². The molecule has 7 nitrogen and oxygen atoms in total. The maximum atomic E-state index is 12.6. The van der Waals surface area contributed by atoms with Crippen LogP contribution in [0.2, 0.25) is 0 Å². The normalized spacial score (nSPS) is 13.9. The molecule has 0 aliphatic carbocycles. The number of carbonyl (C=O) groups is 2. The largest absolute Gasteiger partial charge is 0.497 e. The molecule has 1 saturated heterocycles. The number of pyridine rings is 1. The minimum Gasteiger partial charge on any atom is -0.497 e. The lowest BCUT2D eigenvalue weighted by molar-refractivity contribution is 0.0176. The number of methoxy groups -OCH3 is 1. The highest BCUT2D eigenvalue weighted by Crippen LogP contribution is 2.23. The van der Waals surface area contributed by atoms with Crippen LogP contribution in [-0.4, -0.2) is 47.9 Å². The number of nitrogens with zero attached hydrogens (tertiary/aromatic N) is 1. The number of carbonyl (C=O) groups excluding carboxylic acids is 2. The second-order valence-corrected chi connectivity index (χ2v) is 6.24. The molecule has 1 N–H and O–H groups in total. The highest BCUT2D eigenvalue weighted by Gasteiger charge is 2.34. The van der Waals surface area contributed by atoms with Crippen molar-refractivity contribution in [2.24, 2.45) is 0 Å². The Bertz CT molecular complexity index is 912. The van der Waals surface area contributed by atoms with Gasteiger partial charge in [0, 0.05) is 17.3 Å². The zero-order valence-electron chi connectivity index (χ0n) is 14.9. The summed E-state index contributed by atoms with van der Waals surface area (Å²) in [6.07, 6.45) is -0.150. The van der Waals surface area contributed by atoms with E-state index in [4.69, 9.17) is 9.47 Å². The van der Waals surface area contributed by atoms with Gasteiger partial charge in [-0.1, -0.05) is 6.07 Å². The highest BCUT2D eigenvalue weighted by molar-refractivity contribution is 6.00. The van der Waals surface area contributed by atoms with Gasteiger partial charge in [0.15, 0.2) is 5.78 Å². The first-order valence-electron chi connectivity index (χ1n) is 8.24. The van der Waals surface area contributed by atoms with E-state index in [1.165, 1.54) is 17.9 Å². The third kappa shape index (κ3) is 3.46. The van der Waals surface area contributed by atoms with Crippen molar-refractivity contribution in [2.45, 2.75) is 20.0 Å². The Balaban J connectivity index is 1.67. The van der Waals surface area contributed by atoms with Gasteiger partial charge in [0.25, 0.3) is 11.5 Å². The molecule has 0 unspecified atom stereocenters. The summed E-state index contributed by atoms with van der Waals surface area (Å²) in [7, 11) is 1.58. The smallest absolute Gasteiger partial charge is 0.261 e. The molecule has 1 fully saturated rings. The maximum Gasteiger partial charge on any atom is 0.261 e. The average Bonchev–Trinajstić information content (AvgIpc) is 2.57. The van der Waals surface area contributed by atoms with Crippen LogP contribution in [0.4, 0.5) is 0 Å². The summed E-state index contributed by atoms with van der Waals surface area (Å²) in [4.78, 5) is 40.4. The van der Waals surface area contributed by atoms with Gasteiger partial charge in [-0.15, -0.1) is 0 Å². The molecule has 136 valence electrons. The number of nitrogens with one attached hydrogen (secondary N) is 1. The number of benzene rings is 1. The van der Waals surface area contributed by atoms with E-state index < -0.39 is 11.5 Å². The van der Waals surface area contributed by atoms with Crippen LogP contribution in [0, 0.1) is 6.92 Å². The topological polar surface area (TPSA) is 88.7 Å². The molecule has 3 rings (SSSR count). The predicted octanol–water partition coefficient (Wildman–Crippen LogP) is 1.80. The van der Waals surface area contributed by atoms with Crippen molar-refractivity contribution in [3.8, 4) is 11.5 Å². The fraction of sp³-hybridized carbons (Fsp3) is 0.316. The van der Waals surface area contributed by atoms with Crippen molar-refractivity contribution in [2.75, 3.05) is 20.2 Å². The van der Waals surface area contributed by atoms with Gasteiger partial charge in [-0.2, -0.15) is 0 Å². The molecule has 1 aromatic heterocycles. The molecule has 0 atom stereocenters. The fourth-order valence-corrected chi connectivity index (χ4v) is 2.86. The van der Waals surface area contributed by atoms with E-state index in [0.29, 0.717) is 35.8 Å². The van der Waals surface area contributed by atoms with Gasteiger partial charge in [-0.25, -0.2) is 0 Å². The minimum atomic E-state index is -0.491. The number of hydrogen-bond donors (Lipinski definition) is 1. The van der Waals surface area contributed by atoms with Gasteiger partial charge >= 0.3 is 0 Å². The molecular formula is C19H20N2O5. The van der Waals surface area contributed by atoms with Crippen LogP contribution in [-0.2, 0) is 0 Å². The van der Waals surface area contributed by atoms with E-state index in [2.05, 4.69) is 4.98 Å². The maximum absolute atomic E-state index is 12.6. The molecular weight excluding hydrogens is 336 g/mol. The van der Waals surface area contributed by atoms with Gasteiger partial charge in [0.1, 0.15) is 23.2 Å². The van der Waals surface area contributed by atoms with Crippen molar-refractivity contribution in [3.63, 3.8) is 0 Å². The Kier molecular flexibility index (Phi) is 4.79. The van der Waals surface area contributed by atoms with E-state index in [1.54, 1.807) is 20.1 Å². The quantitative estimate of drug-likeness (QED) is 0.825. The molecule has 1 aliphatic heterocycles. The molecule has 1 aromatic carbocycles. The Labute approximate surface area is 150 Å². The number of ketones is 1. The summed E-state index contributed by atoms with van der Waals surface area (Å²) in [6, 6.07) is 8.60. The van der Waals surface area contributed by atoms with Crippen LogP contribution in [0.5, 0.6) is 11.5 Å². The minimum absolute atomic E-state index is 0.0272. The number of amides is 1. The standard InChI is InChI=1S/C19H20N2O5/c1-11-16(12(2)22)8-17(18(23)20-11)19(24)21-9-15(10-21)26-14-6-4-5-13(7-14)25-3/h4-8,15H,9-10H2,1-3H3,(H,20,23). The number of aryl methyl sites for hydroxylation is 1. The SMILES string of the molecule is COc1cccc(OC2CN(C(=O)c3cc(C(C)=O)c(C)[nH]c3=O)C2)c1. The first kappa shape index (κ1) is 17.7. The van der Waals surface area contributed by atoms with Crippen LogP contribution < -0.4 is 15.0 Å². The molecule has 0 radical (unpaired) electrons. The Hall–Kier alpha value is -3.09.